The molecule has 6 nitrogen and oxygen atoms in total. The van der Waals surface area contributed by atoms with E-state index in [1.54, 1.807) is 18.2 Å². The first-order chi connectivity index (χ1) is 10.5. The third-order valence-corrected chi connectivity index (χ3v) is 3.70. The van der Waals surface area contributed by atoms with Crippen LogP contribution >= 0.6 is 0 Å². The summed E-state index contributed by atoms with van der Waals surface area (Å²) in [6.07, 6.45) is 1.71. The Hall–Kier alpha value is -2.08. The monoisotopic (exact) mass is 307 g/mol. The van der Waals surface area contributed by atoms with Gasteiger partial charge < -0.3 is 19.9 Å². The number of rotatable bonds is 6. The highest BCUT2D eigenvalue weighted by atomic mass is 16.5. The fraction of sp³-hybridized carbons (Fsp3) is 0.500. The van der Waals surface area contributed by atoms with Crippen molar-refractivity contribution < 1.29 is 24.2 Å². The number of carboxylic acids is 1. The summed E-state index contributed by atoms with van der Waals surface area (Å²) in [5.41, 5.74) is 0.381. The fourth-order valence-corrected chi connectivity index (χ4v) is 2.40. The predicted molar refractivity (Wildman–Crippen MR) is 79.6 cm³/mol. The summed E-state index contributed by atoms with van der Waals surface area (Å²) in [4.78, 5) is 22.8. The maximum absolute atomic E-state index is 12.3. The fourth-order valence-electron chi connectivity index (χ4n) is 2.40. The van der Waals surface area contributed by atoms with Crippen LogP contribution < -0.4 is 10.1 Å². The highest BCUT2D eigenvalue weighted by Crippen LogP contribution is 2.28. The van der Waals surface area contributed by atoms with Crippen LogP contribution in [0.1, 0.15) is 25.3 Å². The number of carbonyl (C=O) groups excluding carboxylic acids is 1. The summed E-state index contributed by atoms with van der Waals surface area (Å²) >= 11 is 0. The lowest BCUT2D eigenvalue weighted by atomic mass is 9.84. The number of hydrogen-bond donors (Lipinski definition) is 2. The minimum absolute atomic E-state index is 0.0240. The first-order valence-corrected chi connectivity index (χ1v) is 7.29. The number of hydrogen-bond acceptors (Lipinski definition) is 4. The highest BCUT2D eigenvalue weighted by molar-refractivity contribution is 5.82. The minimum atomic E-state index is -1.02. The van der Waals surface area contributed by atoms with Crippen LogP contribution in [-0.4, -0.2) is 36.8 Å². The van der Waals surface area contributed by atoms with E-state index in [4.69, 9.17) is 14.6 Å². The largest absolute Gasteiger partial charge is 0.482 e. The van der Waals surface area contributed by atoms with Crippen LogP contribution in [0.2, 0.25) is 0 Å². The van der Waals surface area contributed by atoms with Gasteiger partial charge in [0, 0.05) is 13.2 Å². The molecule has 1 aliphatic rings. The Morgan fingerprint density at radius 2 is 2.27 bits per heavy atom. The van der Waals surface area contributed by atoms with Crippen LogP contribution in [0.15, 0.2) is 24.3 Å². The molecule has 1 aromatic carbocycles. The lowest BCUT2D eigenvalue weighted by molar-refractivity contribution is -0.139. The first kappa shape index (κ1) is 16.3. The van der Waals surface area contributed by atoms with Crippen molar-refractivity contribution in [2.45, 2.75) is 26.3 Å². The molecule has 1 amide bonds. The molecule has 0 bridgehead atoms. The lowest BCUT2D eigenvalue weighted by Gasteiger charge is -2.31. The third-order valence-electron chi connectivity index (χ3n) is 3.70. The molecular formula is C16H21NO5. The van der Waals surface area contributed by atoms with Crippen molar-refractivity contribution in [1.82, 2.24) is 5.32 Å². The summed E-state index contributed by atoms with van der Waals surface area (Å²) in [5, 5.41) is 11.5. The van der Waals surface area contributed by atoms with E-state index in [-0.39, 0.29) is 12.5 Å². The first-order valence-electron chi connectivity index (χ1n) is 7.29. The van der Waals surface area contributed by atoms with Crippen LogP contribution in [0.4, 0.5) is 0 Å². The average Bonchev–Trinajstić information content (AvgIpc) is 2.51. The molecule has 2 rings (SSSR count). The van der Waals surface area contributed by atoms with Crippen molar-refractivity contribution in [1.29, 1.82) is 0 Å². The Balaban J connectivity index is 1.89. The molecule has 120 valence electrons. The molecule has 22 heavy (non-hydrogen) atoms. The number of nitrogens with one attached hydrogen (secondary N) is 1. The van der Waals surface area contributed by atoms with Gasteiger partial charge in [0.15, 0.2) is 6.61 Å². The van der Waals surface area contributed by atoms with E-state index in [1.807, 2.05) is 13.0 Å². The SMILES string of the molecule is CC1(C(=O)NCc2cccc(OCC(=O)O)c2)CCCOC1. The summed E-state index contributed by atoms with van der Waals surface area (Å²) in [7, 11) is 0. The van der Waals surface area contributed by atoms with Gasteiger partial charge in [-0.2, -0.15) is 0 Å². The van der Waals surface area contributed by atoms with Crippen LogP contribution in [0.5, 0.6) is 5.75 Å². The van der Waals surface area contributed by atoms with Crippen LogP contribution in [0.3, 0.4) is 0 Å². The number of benzene rings is 1. The zero-order valence-corrected chi connectivity index (χ0v) is 12.6. The molecule has 0 aliphatic carbocycles. The maximum atomic E-state index is 12.3. The van der Waals surface area contributed by atoms with Crippen LogP contribution in [0, 0.1) is 5.41 Å². The van der Waals surface area contributed by atoms with Gasteiger partial charge in [0.2, 0.25) is 5.91 Å². The van der Waals surface area contributed by atoms with Crippen LogP contribution in [-0.2, 0) is 20.9 Å². The van der Waals surface area contributed by atoms with Crippen molar-refractivity contribution in [2.24, 2.45) is 5.41 Å². The quantitative estimate of drug-likeness (QED) is 0.833. The van der Waals surface area contributed by atoms with Crippen molar-refractivity contribution in [3.05, 3.63) is 29.8 Å². The molecular weight excluding hydrogens is 286 g/mol. The molecule has 6 heteroatoms. The molecule has 1 atom stereocenters. The molecule has 0 spiro atoms. The summed E-state index contributed by atoms with van der Waals surface area (Å²) in [6.45, 7) is 3.06. The third kappa shape index (κ3) is 4.46. The van der Waals surface area contributed by atoms with E-state index < -0.39 is 11.4 Å². The zero-order chi connectivity index (χ0) is 16.0. The second-order valence-corrected chi connectivity index (χ2v) is 5.73. The molecule has 1 aliphatic heterocycles. The van der Waals surface area contributed by atoms with Crippen molar-refractivity contribution in [3.8, 4) is 5.75 Å². The van der Waals surface area contributed by atoms with E-state index in [2.05, 4.69) is 5.32 Å². The van der Waals surface area contributed by atoms with Gasteiger partial charge in [0.05, 0.1) is 12.0 Å². The van der Waals surface area contributed by atoms with E-state index in [1.165, 1.54) is 0 Å². The molecule has 1 saturated heterocycles. The van der Waals surface area contributed by atoms with E-state index in [0.717, 1.165) is 18.4 Å². The van der Waals surface area contributed by atoms with E-state index in [9.17, 15) is 9.59 Å². The van der Waals surface area contributed by atoms with Gasteiger partial charge in [-0.05, 0) is 37.5 Å². The lowest BCUT2D eigenvalue weighted by Crippen LogP contribution is -2.44. The number of carboxylic acid groups (broad SMARTS) is 1. The van der Waals surface area contributed by atoms with E-state index in [0.29, 0.717) is 25.5 Å². The van der Waals surface area contributed by atoms with E-state index >= 15 is 0 Å². The topological polar surface area (TPSA) is 84.9 Å². The van der Waals surface area contributed by atoms with Gasteiger partial charge in [-0.25, -0.2) is 4.79 Å². The van der Waals surface area contributed by atoms with Crippen molar-refractivity contribution in [3.63, 3.8) is 0 Å². The standard InChI is InChI=1S/C16H21NO5/c1-16(6-3-7-21-11-16)15(20)17-9-12-4-2-5-13(8-12)22-10-14(18)19/h2,4-5,8H,3,6-7,9-11H2,1H3,(H,17,20)(H,18,19). The van der Waals surface area contributed by atoms with Gasteiger partial charge in [-0.1, -0.05) is 12.1 Å². The maximum Gasteiger partial charge on any atom is 0.341 e. The van der Waals surface area contributed by atoms with Gasteiger partial charge >= 0.3 is 5.97 Å². The summed E-state index contributed by atoms with van der Waals surface area (Å²) in [6, 6.07) is 7.03. The second-order valence-electron chi connectivity index (χ2n) is 5.73. The zero-order valence-electron chi connectivity index (χ0n) is 12.6. The van der Waals surface area contributed by atoms with Gasteiger partial charge in [-0.15, -0.1) is 0 Å². The second kappa shape index (κ2) is 7.26. The van der Waals surface area contributed by atoms with Gasteiger partial charge in [-0.3, -0.25) is 4.79 Å². The summed E-state index contributed by atoms with van der Waals surface area (Å²) in [5.74, 6) is -0.575. The Kier molecular flexibility index (Phi) is 5.38. The number of aliphatic carboxylic acids is 1. The molecule has 1 aromatic rings. The predicted octanol–water partition coefficient (Wildman–Crippen LogP) is 1.58. The van der Waals surface area contributed by atoms with Gasteiger partial charge in [0.25, 0.3) is 0 Å². The Labute approximate surface area is 129 Å². The van der Waals surface area contributed by atoms with Crippen LogP contribution in [0.25, 0.3) is 0 Å². The summed E-state index contributed by atoms with van der Waals surface area (Å²) < 4.78 is 10.5. The van der Waals surface area contributed by atoms with Crippen molar-refractivity contribution in [2.75, 3.05) is 19.8 Å². The minimum Gasteiger partial charge on any atom is -0.482 e. The molecule has 0 saturated carbocycles. The number of amides is 1. The Morgan fingerprint density at radius 3 is 2.95 bits per heavy atom. The smallest absolute Gasteiger partial charge is 0.341 e. The normalized spacial score (nSPS) is 21.1. The van der Waals surface area contributed by atoms with Crippen molar-refractivity contribution >= 4 is 11.9 Å². The molecule has 1 heterocycles. The number of carbonyl (C=O) groups is 2. The molecule has 1 unspecified atom stereocenters. The molecule has 2 N–H and O–H groups in total. The molecule has 0 radical (unpaired) electrons. The Bertz CT molecular complexity index is 537. The molecule has 1 fully saturated rings. The van der Waals surface area contributed by atoms with Gasteiger partial charge in [0.1, 0.15) is 5.75 Å². The Morgan fingerprint density at radius 1 is 1.45 bits per heavy atom. The number of ether oxygens (including phenoxy) is 2. The highest BCUT2D eigenvalue weighted by Gasteiger charge is 2.35. The average molecular weight is 307 g/mol. The molecule has 0 aromatic heterocycles.